The van der Waals surface area contributed by atoms with Gasteiger partial charge in [0.1, 0.15) is 11.1 Å². The smallest absolute Gasteiger partial charge is 0.351 e. The highest BCUT2D eigenvalue weighted by atomic mass is 19.1. The molecule has 2 aliphatic heterocycles. The number of nitrogens with one attached hydrogen (secondary N) is 1. The number of halogens is 1. The summed E-state index contributed by atoms with van der Waals surface area (Å²) in [6, 6.07) is 3.98. The third-order valence-electron chi connectivity index (χ3n) is 2.77. The van der Waals surface area contributed by atoms with Crippen molar-refractivity contribution in [2.75, 3.05) is 6.61 Å². The molecular weight excluding hydrogens is 267 g/mol. The van der Waals surface area contributed by atoms with Crippen LogP contribution in [0.25, 0.3) is 22.4 Å². The van der Waals surface area contributed by atoms with Crippen molar-refractivity contribution >= 4 is 11.0 Å². The Morgan fingerprint density at radius 3 is 2.90 bits per heavy atom. The minimum Gasteiger partial charge on any atom is -0.491 e. The summed E-state index contributed by atoms with van der Waals surface area (Å²) in [5.41, 5.74) is -1.06. The highest BCUT2D eigenvalue weighted by Crippen LogP contribution is 2.28. The van der Waals surface area contributed by atoms with Gasteiger partial charge in [0.2, 0.25) is 5.89 Å². The zero-order chi connectivity index (χ0) is 14.3. The monoisotopic (exact) mass is 276 g/mol. The Bertz CT molecular complexity index is 884. The average molecular weight is 276 g/mol. The van der Waals surface area contributed by atoms with Gasteiger partial charge in [-0.15, -0.1) is 0 Å². The molecule has 2 heterocycles. The zero-order valence-electron chi connectivity index (χ0n) is 10.4. The Kier molecular flexibility index (Phi) is 2.74. The minimum absolute atomic E-state index is 0.0373. The van der Waals surface area contributed by atoms with E-state index in [-0.39, 0.29) is 22.8 Å². The lowest BCUT2D eigenvalue weighted by atomic mass is 10.1. The second-order valence-corrected chi connectivity index (χ2v) is 4.09. The highest BCUT2D eigenvalue weighted by Gasteiger charge is 2.16. The molecule has 0 spiro atoms. The molecule has 6 nitrogen and oxygen atoms in total. The number of aromatic nitrogens is 2. The third-order valence-corrected chi connectivity index (χ3v) is 2.77. The Morgan fingerprint density at radius 2 is 2.15 bits per heavy atom. The first-order chi connectivity index (χ1) is 9.58. The number of rotatable bonds is 2. The van der Waals surface area contributed by atoms with Gasteiger partial charge in [0.15, 0.2) is 11.6 Å². The van der Waals surface area contributed by atoms with Crippen molar-refractivity contribution in [1.29, 1.82) is 0 Å². The first-order valence-corrected chi connectivity index (χ1v) is 5.88. The molecule has 0 aliphatic carbocycles. The quantitative estimate of drug-likeness (QED) is 0.717. The van der Waals surface area contributed by atoms with E-state index in [0.717, 1.165) is 0 Å². The standard InChI is InChI=1S/C13H9FN2O4/c1-2-19-10-5-9-6(4-8(10)14)3-7-11(17)15-13(18)16-12(7)20-9/h3-5H,2H2,1H3,(H,15,17,18). The van der Waals surface area contributed by atoms with Crippen molar-refractivity contribution in [2.24, 2.45) is 0 Å². The third kappa shape index (κ3) is 1.93. The molecule has 0 fully saturated rings. The topological polar surface area (TPSA) is 85.2 Å². The predicted octanol–water partition coefficient (Wildman–Crippen LogP) is 1.52. The lowest BCUT2D eigenvalue weighted by molar-refractivity contribution is 0.321. The zero-order valence-corrected chi connectivity index (χ0v) is 10.4. The van der Waals surface area contributed by atoms with Gasteiger partial charge in [-0.1, -0.05) is 0 Å². The van der Waals surface area contributed by atoms with Crippen molar-refractivity contribution in [3.8, 4) is 17.2 Å². The van der Waals surface area contributed by atoms with E-state index >= 15 is 0 Å². The molecule has 0 amide bonds. The summed E-state index contributed by atoms with van der Waals surface area (Å²) in [6.07, 6.45) is 0. The van der Waals surface area contributed by atoms with E-state index in [4.69, 9.17) is 9.15 Å². The van der Waals surface area contributed by atoms with E-state index < -0.39 is 17.1 Å². The number of aromatic amines is 1. The van der Waals surface area contributed by atoms with Gasteiger partial charge in [-0.2, -0.15) is 4.98 Å². The first kappa shape index (κ1) is 12.3. The van der Waals surface area contributed by atoms with Crippen LogP contribution in [-0.2, 0) is 0 Å². The Hall–Kier alpha value is -2.70. The highest BCUT2D eigenvalue weighted by molar-refractivity contribution is 5.83. The van der Waals surface area contributed by atoms with Crippen LogP contribution < -0.4 is 16.0 Å². The fourth-order valence-corrected chi connectivity index (χ4v) is 1.92. The molecule has 0 saturated heterocycles. The Balaban J connectivity index is 2.37. The van der Waals surface area contributed by atoms with Crippen molar-refractivity contribution in [3.05, 3.63) is 44.9 Å². The van der Waals surface area contributed by atoms with Gasteiger partial charge in [-0.3, -0.25) is 9.78 Å². The van der Waals surface area contributed by atoms with E-state index in [2.05, 4.69) is 4.98 Å². The maximum atomic E-state index is 13.8. The summed E-state index contributed by atoms with van der Waals surface area (Å²) < 4.78 is 24.2. The molecule has 7 heteroatoms. The second kappa shape index (κ2) is 4.44. The van der Waals surface area contributed by atoms with Crippen molar-refractivity contribution < 1.29 is 13.5 Å². The first-order valence-electron chi connectivity index (χ1n) is 5.88. The molecule has 1 aromatic carbocycles. The Labute approximate surface area is 111 Å². The molecular formula is C13H9FN2O4. The number of nitrogens with zero attached hydrogens (tertiary/aromatic N) is 1. The summed E-state index contributed by atoms with van der Waals surface area (Å²) in [7, 11) is 0. The fourth-order valence-electron chi connectivity index (χ4n) is 1.92. The van der Waals surface area contributed by atoms with E-state index in [1.165, 1.54) is 18.2 Å². The summed E-state index contributed by atoms with van der Waals surface area (Å²) in [5.74, 6) is -0.616. The predicted molar refractivity (Wildman–Crippen MR) is 68.6 cm³/mol. The molecule has 102 valence electrons. The molecule has 0 radical (unpaired) electrons. The van der Waals surface area contributed by atoms with Gasteiger partial charge in [-0.05, 0) is 19.1 Å². The number of H-pyrrole nitrogens is 1. The van der Waals surface area contributed by atoms with Crippen LogP contribution in [0.3, 0.4) is 0 Å². The van der Waals surface area contributed by atoms with Crippen LogP contribution in [0, 0.1) is 5.82 Å². The minimum atomic E-state index is -0.794. The van der Waals surface area contributed by atoms with Crippen LogP contribution in [0.4, 0.5) is 4.39 Å². The number of benzene rings is 1. The lowest BCUT2D eigenvalue weighted by Crippen LogP contribution is -2.24. The number of hydrogen-bond donors (Lipinski definition) is 1. The van der Waals surface area contributed by atoms with Crippen LogP contribution in [0.15, 0.2) is 32.2 Å². The van der Waals surface area contributed by atoms with Gasteiger partial charge < -0.3 is 9.15 Å². The van der Waals surface area contributed by atoms with E-state index in [0.29, 0.717) is 12.0 Å². The van der Waals surface area contributed by atoms with E-state index in [1.54, 1.807) is 6.92 Å². The average Bonchev–Trinajstić information content (AvgIpc) is 2.38. The molecule has 0 atom stereocenters. The summed E-state index contributed by atoms with van der Waals surface area (Å²) in [4.78, 5) is 28.4. The molecule has 0 saturated carbocycles. The number of ether oxygens (including phenoxy) is 1. The van der Waals surface area contributed by atoms with Crippen molar-refractivity contribution in [2.45, 2.75) is 6.92 Å². The normalized spacial score (nSPS) is 11.1. The molecule has 3 rings (SSSR count). The molecule has 0 aromatic heterocycles. The van der Waals surface area contributed by atoms with E-state index in [9.17, 15) is 14.0 Å². The summed E-state index contributed by atoms with van der Waals surface area (Å²) in [5, 5.41) is 0.379. The van der Waals surface area contributed by atoms with Crippen LogP contribution in [0.1, 0.15) is 6.92 Å². The Morgan fingerprint density at radius 1 is 1.35 bits per heavy atom. The second-order valence-electron chi connectivity index (χ2n) is 4.09. The van der Waals surface area contributed by atoms with E-state index in [1.807, 2.05) is 4.98 Å². The van der Waals surface area contributed by atoms with Gasteiger partial charge in [-0.25, -0.2) is 9.18 Å². The molecule has 20 heavy (non-hydrogen) atoms. The summed E-state index contributed by atoms with van der Waals surface area (Å²) >= 11 is 0. The molecule has 1 N–H and O–H groups in total. The maximum absolute atomic E-state index is 13.8. The summed E-state index contributed by atoms with van der Waals surface area (Å²) in [6.45, 7) is 2.03. The SMILES string of the molecule is CCOc1cc2oc3nc(=O)[nH]c(=O)c-3cc2cc1F. The van der Waals surface area contributed by atoms with Crippen LogP contribution >= 0.6 is 0 Å². The fraction of sp³-hybridized carbons (Fsp3) is 0.154. The van der Waals surface area contributed by atoms with Crippen molar-refractivity contribution in [1.82, 2.24) is 9.97 Å². The largest absolute Gasteiger partial charge is 0.491 e. The molecule has 2 aliphatic rings. The lowest BCUT2D eigenvalue weighted by Gasteiger charge is -2.08. The van der Waals surface area contributed by atoms with Crippen molar-refractivity contribution in [3.63, 3.8) is 0 Å². The van der Waals surface area contributed by atoms with Crippen LogP contribution in [0.5, 0.6) is 5.75 Å². The van der Waals surface area contributed by atoms with Gasteiger partial charge in [0.05, 0.1) is 6.61 Å². The molecule has 1 aromatic rings. The van der Waals surface area contributed by atoms with Gasteiger partial charge >= 0.3 is 5.69 Å². The van der Waals surface area contributed by atoms with Crippen LogP contribution in [0.2, 0.25) is 0 Å². The number of fused-ring (bicyclic) bond motifs is 2. The number of hydrogen-bond acceptors (Lipinski definition) is 5. The van der Waals surface area contributed by atoms with Gasteiger partial charge in [0, 0.05) is 11.5 Å². The van der Waals surface area contributed by atoms with Gasteiger partial charge in [0.25, 0.3) is 5.56 Å². The molecule has 0 bridgehead atoms. The maximum Gasteiger partial charge on any atom is 0.351 e. The van der Waals surface area contributed by atoms with Crippen LogP contribution in [-0.4, -0.2) is 16.6 Å². The molecule has 0 unspecified atom stereocenters.